The molecule has 2 heteroatoms. The summed E-state index contributed by atoms with van der Waals surface area (Å²) in [7, 11) is 0. The van der Waals surface area contributed by atoms with Gasteiger partial charge in [0, 0.05) is 6.61 Å². The van der Waals surface area contributed by atoms with Crippen molar-refractivity contribution in [3.63, 3.8) is 0 Å². The van der Waals surface area contributed by atoms with Gasteiger partial charge < -0.3 is 9.84 Å². The molecule has 0 amide bonds. The summed E-state index contributed by atoms with van der Waals surface area (Å²) in [5.74, 6) is 0. The Morgan fingerprint density at radius 1 is 0.842 bits per heavy atom. The first kappa shape index (κ1) is 18.9. The van der Waals surface area contributed by atoms with Gasteiger partial charge in [0.2, 0.25) is 0 Å². The zero-order valence-corrected chi connectivity index (χ0v) is 13.7. The van der Waals surface area contributed by atoms with Gasteiger partial charge >= 0.3 is 0 Å². The molecule has 0 aromatic rings. The predicted octanol–water partition coefficient (Wildman–Crippen LogP) is 5.08. The summed E-state index contributed by atoms with van der Waals surface area (Å²) in [5, 5.41) is 10.4. The minimum absolute atomic E-state index is 0.307. The molecule has 0 saturated carbocycles. The van der Waals surface area contributed by atoms with Crippen LogP contribution in [0.3, 0.4) is 0 Å². The zero-order chi connectivity index (χ0) is 14.6. The van der Waals surface area contributed by atoms with Crippen LogP contribution >= 0.6 is 0 Å². The maximum atomic E-state index is 10.4. The van der Waals surface area contributed by atoms with Crippen LogP contribution in [-0.2, 0) is 4.74 Å². The summed E-state index contributed by atoms with van der Waals surface area (Å²) in [6, 6.07) is 0. The lowest BCUT2D eigenvalue weighted by atomic mass is 9.87. The molecule has 1 atom stereocenters. The Morgan fingerprint density at radius 2 is 1.37 bits per heavy atom. The monoisotopic (exact) mass is 272 g/mol. The lowest BCUT2D eigenvalue weighted by Gasteiger charge is -2.36. The molecule has 1 unspecified atom stereocenters. The zero-order valence-electron chi connectivity index (χ0n) is 13.7. The molecule has 0 aliphatic heterocycles. The van der Waals surface area contributed by atoms with Crippen molar-refractivity contribution in [3.8, 4) is 0 Å². The van der Waals surface area contributed by atoms with Crippen molar-refractivity contribution in [1.29, 1.82) is 0 Å². The molecule has 0 saturated heterocycles. The van der Waals surface area contributed by atoms with Crippen molar-refractivity contribution in [3.05, 3.63) is 0 Å². The van der Waals surface area contributed by atoms with Crippen LogP contribution in [-0.4, -0.2) is 23.4 Å². The summed E-state index contributed by atoms with van der Waals surface area (Å²) in [6.07, 6.45) is 11.4. The van der Waals surface area contributed by atoms with E-state index in [-0.39, 0.29) is 11.7 Å². The van der Waals surface area contributed by atoms with Crippen LogP contribution in [0.25, 0.3) is 0 Å². The normalized spacial score (nSPS) is 13.7. The molecule has 0 aliphatic carbocycles. The molecule has 1 N–H and O–H groups in total. The number of hydrogen-bond donors (Lipinski definition) is 1. The van der Waals surface area contributed by atoms with Gasteiger partial charge in [-0.05, 0) is 26.2 Å². The van der Waals surface area contributed by atoms with Gasteiger partial charge in [-0.1, -0.05) is 65.7 Å². The maximum absolute atomic E-state index is 10.4. The molecule has 2 nitrogen and oxygen atoms in total. The van der Waals surface area contributed by atoms with Crippen LogP contribution in [0.1, 0.15) is 91.9 Å². The Bertz CT molecular complexity index is 188. The number of aliphatic hydroxyl groups excluding tert-OH is 1. The Hall–Kier alpha value is -0.0800. The third kappa shape index (κ3) is 7.31. The van der Waals surface area contributed by atoms with Gasteiger partial charge in [0.25, 0.3) is 0 Å². The number of aliphatic hydroxyl groups is 1. The molecule has 0 aromatic carbocycles. The lowest BCUT2D eigenvalue weighted by molar-refractivity contribution is -0.127. The molecular weight excluding hydrogens is 236 g/mol. The summed E-state index contributed by atoms with van der Waals surface area (Å²) in [5.41, 5.74) is -0.309. The summed E-state index contributed by atoms with van der Waals surface area (Å²) >= 11 is 0. The lowest BCUT2D eigenvalue weighted by Crippen LogP contribution is -2.44. The molecule has 116 valence electrons. The van der Waals surface area contributed by atoms with E-state index >= 15 is 0 Å². The van der Waals surface area contributed by atoms with Crippen molar-refractivity contribution >= 4 is 0 Å². The molecule has 0 bridgehead atoms. The van der Waals surface area contributed by atoms with E-state index in [4.69, 9.17) is 4.74 Å². The highest BCUT2D eigenvalue weighted by Gasteiger charge is 2.34. The third-order valence-corrected chi connectivity index (χ3v) is 4.32. The molecule has 19 heavy (non-hydrogen) atoms. The summed E-state index contributed by atoms with van der Waals surface area (Å²) in [4.78, 5) is 0. The van der Waals surface area contributed by atoms with Crippen molar-refractivity contribution in [1.82, 2.24) is 0 Å². The Kier molecular flexibility index (Phi) is 11.7. The van der Waals surface area contributed by atoms with E-state index in [1.54, 1.807) is 0 Å². The van der Waals surface area contributed by atoms with Gasteiger partial charge in [0.1, 0.15) is 0 Å². The molecule has 0 heterocycles. The third-order valence-electron chi connectivity index (χ3n) is 4.32. The second-order valence-electron chi connectivity index (χ2n) is 5.63. The topological polar surface area (TPSA) is 29.5 Å². The maximum Gasteiger partial charge on any atom is 0.0934 e. The number of unbranched alkanes of at least 4 members (excludes halogenated alkanes) is 6. The van der Waals surface area contributed by atoms with Crippen LogP contribution in [0, 0.1) is 0 Å². The largest absolute Gasteiger partial charge is 0.390 e. The minimum atomic E-state index is -0.309. The fourth-order valence-corrected chi connectivity index (χ4v) is 2.87. The van der Waals surface area contributed by atoms with E-state index in [1.165, 1.54) is 38.5 Å². The van der Waals surface area contributed by atoms with Crippen LogP contribution in [0.4, 0.5) is 0 Å². The fourth-order valence-electron chi connectivity index (χ4n) is 2.87. The fraction of sp³-hybridized carbons (Fsp3) is 1.00. The van der Waals surface area contributed by atoms with Gasteiger partial charge in [-0.25, -0.2) is 0 Å². The number of rotatable bonds is 13. The van der Waals surface area contributed by atoms with Gasteiger partial charge in [-0.2, -0.15) is 0 Å². The Morgan fingerprint density at radius 3 is 1.84 bits per heavy atom. The molecule has 0 radical (unpaired) electrons. The number of hydrogen-bond acceptors (Lipinski definition) is 2. The van der Waals surface area contributed by atoms with Crippen LogP contribution in [0.15, 0.2) is 0 Å². The molecule has 0 rings (SSSR count). The van der Waals surface area contributed by atoms with Gasteiger partial charge in [0.15, 0.2) is 0 Å². The van der Waals surface area contributed by atoms with Crippen molar-refractivity contribution in [2.24, 2.45) is 0 Å². The molecule has 0 fully saturated rings. The first-order valence-electron chi connectivity index (χ1n) is 8.48. The number of ether oxygens (including phenoxy) is 1. The smallest absolute Gasteiger partial charge is 0.0934 e. The average molecular weight is 272 g/mol. The van der Waals surface area contributed by atoms with E-state index in [9.17, 15) is 5.11 Å². The minimum Gasteiger partial charge on any atom is -0.390 e. The van der Waals surface area contributed by atoms with E-state index in [0.717, 1.165) is 25.7 Å². The van der Waals surface area contributed by atoms with Crippen LogP contribution < -0.4 is 0 Å². The highest BCUT2D eigenvalue weighted by Crippen LogP contribution is 2.28. The van der Waals surface area contributed by atoms with Crippen LogP contribution in [0.2, 0.25) is 0 Å². The molecular formula is C17H36O2. The molecule has 0 spiro atoms. The first-order chi connectivity index (χ1) is 9.16. The van der Waals surface area contributed by atoms with Crippen molar-refractivity contribution < 1.29 is 9.84 Å². The Labute approximate surface area is 120 Å². The summed E-state index contributed by atoms with van der Waals surface area (Å²) < 4.78 is 5.85. The van der Waals surface area contributed by atoms with Gasteiger partial charge in [-0.3, -0.25) is 0 Å². The van der Waals surface area contributed by atoms with E-state index in [0.29, 0.717) is 6.61 Å². The van der Waals surface area contributed by atoms with E-state index < -0.39 is 0 Å². The van der Waals surface area contributed by atoms with Crippen molar-refractivity contribution in [2.75, 3.05) is 6.61 Å². The van der Waals surface area contributed by atoms with Gasteiger partial charge in [0.05, 0.1) is 11.7 Å². The standard InChI is InChI=1S/C17H36O2/c1-5-9-10-11-12-13-14-15-16(18)17(6-2,7-3)19-8-4/h16,18H,5-15H2,1-4H3. The predicted molar refractivity (Wildman–Crippen MR) is 83.6 cm³/mol. The molecule has 0 aromatic heterocycles. The summed E-state index contributed by atoms with van der Waals surface area (Å²) in [6.45, 7) is 9.19. The molecule has 0 aliphatic rings. The average Bonchev–Trinajstić information content (AvgIpc) is 2.43. The van der Waals surface area contributed by atoms with Crippen molar-refractivity contribution in [2.45, 2.75) is 104 Å². The van der Waals surface area contributed by atoms with E-state index in [1.807, 2.05) is 6.92 Å². The quantitative estimate of drug-likeness (QED) is 0.474. The first-order valence-corrected chi connectivity index (χ1v) is 8.48. The Balaban J connectivity index is 3.84. The van der Waals surface area contributed by atoms with Gasteiger partial charge in [-0.15, -0.1) is 0 Å². The van der Waals surface area contributed by atoms with Crippen LogP contribution in [0.5, 0.6) is 0 Å². The second-order valence-corrected chi connectivity index (χ2v) is 5.63. The van der Waals surface area contributed by atoms with E-state index in [2.05, 4.69) is 20.8 Å². The highest BCUT2D eigenvalue weighted by atomic mass is 16.5. The SMILES string of the molecule is CCCCCCCCCC(O)C(CC)(CC)OCC. The highest BCUT2D eigenvalue weighted by molar-refractivity contribution is 4.86. The second kappa shape index (κ2) is 11.7.